The molecule has 2 aromatic rings. The largest absolute Gasteiger partial charge is 0.350 e. The number of aromatic nitrogens is 2. The molecule has 1 fully saturated rings. The first-order valence-electron chi connectivity index (χ1n) is 9.66. The molecule has 0 radical (unpaired) electrons. The van der Waals surface area contributed by atoms with Crippen molar-refractivity contribution in [2.45, 2.75) is 43.5 Å². The lowest BCUT2D eigenvalue weighted by Crippen LogP contribution is -2.26. The van der Waals surface area contributed by atoms with Gasteiger partial charge in [0, 0.05) is 12.2 Å². The predicted octanol–water partition coefficient (Wildman–Crippen LogP) is 0.986. The van der Waals surface area contributed by atoms with Crippen molar-refractivity contribution in [3.8, 4) is 0 Å². The Bertz CT molecular complexity index is 1140. The van der Waals surface area contributed by atoms with Crippen LogP contribution in [0.15, 0.2) is 35.2 Å². The summed E-state index contributed by atoms with van der Waals surface area (Å²) in [5.74, 6) is -0.0532. The van der Waals surface area contributed by atoms with E-state index in [-0.39, 0.29) is 40.0 Å². The first kappa shape index (κ1) is 22.4. The first-order valence-corrected chi connectivity index (χ1v) is 13.0. The molecule has 0 unspecified atom stereocenters. The summed E-state index contributed by atoms with van der Waals surface area (Å²) in [4.78, 5) is 12.6. The number of amides is 1. The minimum atomic E-state index is -3.73. The zero-order valence-corrected chi connectivity index (χ0v) is 18.5. The van der Waals surface area contributed by atoms with E-state index in [1.807, 2.05) is 13.8 Å². The summed E-state index contributed by atoms with van der Waals surface area (Å²) >= 11 is 0. The Labute approximate surface area is 176 Å². The minimum Gasteiger partial charge on any atom is -0.350 e. The minimum absolute atomic E-state index is 0.0379. The molecule has 1 aliphatic rings. The second kappa shape index (κ2) is 8.48. The van der Waals surface area contributed by atoms with Gasteiger partial charge in [0.1, 0.15) is 5.69 Å². The van der Waals surface area contributed by atoms with Crippen LogP contribution in [0.2, 0.25) is 0 Å². The molecule has 11 heteroatoms. The lowest BCUT2D eigenvalue weighted by atomic mass is 10.1. The Hall–Kier alpha value is -2.24. The topological polar surface area (TPSA) is 141 Å². The maximum absolute atomic E-state index is 12.5. The number of carbonyl (C=O) groups excluding carboxylic acids is 1. The number of carbonyl (C=O) groups is 1. The van der Waals surface area contributed by atoms with Gasteiger partial charge >= 0.3 is 0 Å². The van der Waals surface area contributed by atoms with Crippen molar-refractivity contribution in [1.29, 1.82) is 0 Å². The van der Waals surface area contributed by atoms with Crippen LogP contribution in [0.3, 0.4) is 0 Å². The maximum Gasteiger partial charge on any atom is 0.271 e. The van der Waals surface area contributed by atoms with E-state index in [0.717, 1.165) is 11.3 Å². The van der Waals surface area contributed by atoms with Gasteiger partial charge in [-0.3, -0.25) is 9.48 Å². The fraction of sp³-hybridized carbons (Fsp3) is 0.474. The van der Waals surface area contributed by atoms with Crippen LogP contribution in [0, 0.1) is 0 Å². The van der Waals surface area contributed by atoms with E-state index in [4.69, 9.17) is 5.14 Å². The molecular weight excluding hydrogens is 428 g/mol. The number of primary sulfonamides is 1. The van der Waals surface area contributed by atoms with Gasteiger partial charge in [0.05, 0.1) is 22.4 Å². The van der Waals surface area contributed by atoms with Crippen molar-refractivity contribution >= 4 is 25.8 Å². The van der Waals surface area contributed by atoms with Gasteiger partial charge in [-0.1, -0.05) is 26.0 Å². The SMILES string of the molecule is CC(C)c1cc(C(=O)NCCc2ccc(S(N)(=O)=O)cc2)nn1[C@@H]1CCS(=O)(=O)C1. The monoisotopic (exact) mass is 454 g/mol. The lowest BCUT2D eigenvalue weighted by Gasteiger charge is -2.15. The van der Waals surface area contributed by atoms with E-state index in [0.29, 0.717) is 19.4 Å². The summed E-state index contributed by atoms with van der Waals surface area (Å²) in [5, 5.41) is 12.3. The summed E-state index contributed by atoms with van der Waals surface area (Å²) < 4.78 is 47.9. The number of sulfone groups is 1. The fourth-order valence-electron chi connectivity index (χ4n) is 3.47. The van der Waals surface area contributed by atoms with Crippen molar-refractivity contribution in [1.82, 2.24) is 15.1 Å². The molecule has 1 atom stereocenters. The van der Waals surface area contributed by atoms with Gasteiger partial charge < -0.3 is 5.32 Å². The molecule has 30 heavy (non-hydrogen) atoms. The quantitative estimate of drug-likeness (QED) is 0.639. The number of nitrogens with two attached hydrogens (primary N) is 1. The van der Waals surface area contributed by atoms with Crippen molar-refractivity contribution in [2.24, 2.45) is 5.14 Å². The smallest absolute Gasteiger partial charge is 0.271 e. The van der Waals surface area contributed by atoms with Crippen LogP contribution in [0.4, 0.5) is 0 Å². The molecule has 164 valence electrons. The van der Waals surface area contributed by atoms with Crippen molar-refractivity contribution < 1.29 is 21.6 Å². The molecule has 0 aliphatic carbocycles. The Morgan fingerprint density at radius 2 is 1.97 bits per heavy atom. The van der Waals surface area contributed by atoms with Crippen LogP contribution in [0.1, 0.15) is 54.0 Å². The van der Waals surface area contributed by atoms with E-state index >= 15 is 0 Å². The number of hydrogen-bond donors (Lipinski definition) is 2. The fourth-order valence-corrected chi connectivity index (χ4v) is 5.68. The summed E-state index contributed by atoms with van der Waals surface area (Å²) in [5.41, 5.74) is 1.95. The van der Waals surface area contributed by atoms with Gasteiger partial charge in [0.15, 0.2) is 9.84 Å². The van der Waals surface area contributed by atoms with Gasteiger partial charge in [0.2, 0.25) is 10.0 Å². The first-order chi connectivity index (χ1) is 14.0. The van der Waals surface area contributed by atoms with Gasteiger partial charge in [-0.15, -0.1) is 0 Å². The predicted molar refractivity (Wildman–Crippen MR) is 112 cm³/mol. The van der Waals surface area contributed by atoms with Crippen LogP contribution in [-0.2, 0) is 26.3 Å². The molecule has 1 aromatic carbocycles. The Kier molecular flexibility index (Phi) is 6.34. The molecule has 0 bridgehead atoms. The van der Waals surface area contributed by atoms with Gasteiger partial charge in [-0.05, 0) is 42.5 Å². The second-order valence-electron chi connectivity index (χ2n) is 7.81. The molecule has 0 saturated carbocycles. The van der Waals surface area contributed by atoms with Crippen molar-refractivity contribution in [3.63, 3.8) is 0 Å². The number of sulfonamides is 1. The maximum atomic E-state index is 12.5. The van der Waals surface area contributed by atoms with E-state index in [2.05, 4.69) is 10.4 Å². The van der Waals surface area contributed by atoms with E-state index < -0.39 is 19.9 Å². The van der Waals surface area contributed by atoms with E-state index in [1.54, 1.807) is 22.9 Å². The molecule has 1 aliphatic heterocycles. The highest BCUT2D eigenvalue weighted by Gasteiger charge is 2.32. The zero-order chi connectivity index (χ0) is 22.1. The molecule has 3 N–H and O–H groups in total. The third-order valence-corrected chi connectivity index (χ3v) is 7.77. The van der Waals surface area contributed by atoms with Crippen molar-refractivity contribution in [2.75, 3.05) is 18.1 Å². The standard InChI is InChI=1S/C19H26N4O5S2/c1-13(2)18-11-17(22-23(18)15-8-10-29(25,26)12-15)19(24)21-9-7-14-3-5-16(6-4-14)30(20,27)28/h3-6,11,13,15H,7-10,12H2,1-2H3,(H,21,24)(H2,20,27,28)/t15-/m1/s1. The van der Waals surface area contributed by atoms with Crippen LogP contribution < -0.4 is 10.5 Å². The number of nitrogens with one attached hydrogen (secondary N) is 1. The number of rotatable bonds is 7. The highest BCUT2D eigenvalue weighted by atomic mass is 32.2. The molecule has 1 saturated heterocycles. The van der Waals surface area contributed by atoms with Gasteiger partial charge in [-0.2, -0.15) is 5.10 Å². The summed E-state index contributed by atoms with van der Waals surface area (Å²) in [6.45, 7) is 4.29. The van der Waals surface area contributed by atoms with Crippen LogP contribution in [0.25, 0.3) is 0 Å². The van der Waals surface area contributed by atoms with Crippen molar-refractivity contribution in [3.05, 3.63) is 47.3 Å². The Morgan fingerprint density at radius 1 is 1.30 bits per heavy atom. The summed E-state index contributed by atoms with van der Waals surface area (Å²) in [6, 6.07) is 7.63. The molecule has 3 rings (SSSR count). The normalized spacial score (nSPS) is 18.6. The van der Waals surface area contributed by atoms with Gasteiger partial charge in [0.25, 0.3) is 5.91 Å². The van der Waals surface area contributed by atoms with Crippen LogP contribution in [0.5, 0.6) is 0 Å². The average Bonchev–Trinajstić information content (AvgIpc) is 3.25. The van der Waals surface area contributed by atoms with Gasteiger partial charge in [-0.25, -0.2) is 22.0 Å². The number of benzene rings is 1. The highest BCUT2D eigenvalue weighted by molar-refractivity contribution is 7.91. The number of hydrogen-bond acceptors (Lipinski definition) is 6. The zero-order valence-electron chi connectivity index (χ0n) is 16.9. The molecule has 0 spiro atoms. The second-order valence-corrected chi connectivity index (χ2v) is 11.6. The Morgan fingerprint density at radius 3 is 2.50 bits per heavy atom. The lowest BCUT2D eigenvalue weighted by molar-refractivity contribution is 0.0948. The third kappa shape index (κ3) is 5.27. The summed E-state index contributed by atoms with van der Waals surface area (Å²) in [6.07, 6.45) is 1.01. The molecule has 2 heterocycles. The van der Waals surface area contributed by atoms with Crippen LogP contribution >= 0.6 is 0 Å². The summed E-state index contributed by atoms with van der Waals surface area (Å²) in [7, 11) is -6.79. The van der Waals surface area contributed by atoms with E-state index in [1.165, 1.54) is 12.1 Å². The van der Waals surface area contributed by atoms with Crippen LogP contribution in [-0.4, -0.2) is 50.6 Å². The van der Waals surface area contributed by atoms with E-state index in [9.17, 15) is 21.6 Å². The Balaban J connectivity index is 1.65. The molecule has 1 aromatic heterocycles. The third-order valence-electron chi connectivity index (χ3n) is 5.09. The molecule has 9 nitrogen and oxygen atoms in total. The number of nitrogens with zero attached hydrogens (tertiary/aromatic N) is 2. The molecule has 1 amide bonds. The molecular formula is C19H26N4O5S2. The average molecular weight is 455 g/mol. The highest BCUT2D eigenvalue weighted by Crippen LogP contribution is 2.28.